The lowest BCUT2D eigenvalue weighted by molar-refractivity contribution is 0.0972. The van der Waals surface area contributed by atoms with Crippen LogP contribution >= 0.6 is 0 Å². The summed E-state index contributed by atoms with van der Waals surface area (Å²) in [6.07, 6.45) is 16.5. The van der Waals surface area contributed by atoms with Gasteiger partial charge in [0.05, 0.1) is 0 Å². The van der Waals surface area contributed by atoms with Gasteiger partial charge in [0.2, 0.25) is 5.95 Å². The predicted molar refractivity (Wildman–Crippen MR) is 127 cm³/mol. The maximum atomic E-state index is 13.7. The van der Waals surface area contributed by atoms with E-state index in [1.807, 2.05) is 25.2 Å². The van der Waals surface area contributed by atoms with Crippen LogP contribution in [0.5, 0.6) is 0 Å². The van der Waals surface area contributed by atoms with Crippen LogP contribution in [0.15, 0.2) is 71.4 Å². The lowest BCUT2D eigenvalue weighted by Gasteiger charge is -2.36. The number of nitrogens with zero attached hydrogens (tertiary/aromatic N) is 4. The summed E-state index contributed by atoms with van der Waals surface area (Å²) < 4.78 is 14.9. The number of halogens is 1. The molecule has 3 rings (SSSR count). The number of rotatable bonds is 5. The fourth-order valence-electron chi connectivity index (χ4n) is 3.99. The fraction of sp³-hybridized carbons (Fsp3) is 0.385. The highest BCUT2D eigenvalue weighted by Crippen LogP contribution is 2.43. The Balaban J connectivity index is 1.70. The number of fused-ring (bicyclic) bond motifs is 1. The summed E-state index contributed by atoms with van der Waals surface area (Å²) in [4.78, 5) is 23.8. The Bertz CT molecular complexity index is 1180. The molecule has 0 aliphatic heterocycles. The molecule has 5 nitrogen and oxygen atoms in total. The van der Waals surface area contributed by atoms with Crippen LogP contribution in [0, 0.1) is 17.3 Å². The van der Waals surface area contributed by atoms with Crippen LogP contribution < -0.4 is 0 Å². The second kappa shape index (κ2) is 9.55. The van der Waals surface area contributed by atoms with E-state index in [0.717, 1.165) is 17.5 Å². The summed E-state index contributed by atoms with van der Waals surface area (Å²) in [5, 5.41) is 0. The molecule has 0 fully saturated rings. The number of hydrogen-bond donors (Lipinski definition) is 0. The molecule has 0 saturated heterocycles. The van der Waals surface area contributed by atoms with Gasteiger partial charge >= 0.3 is 0 Å². The zero-order valence-electron chi connectivity index (χ0n) is 19.7. The molecule has 0 bridgehead atoms. The van der Waals surface area contributed by atoms with E-state index in [9.17, 15) is 9.18 Å². The van der Waals surface area contributed by atoms with Crippen LogP contribution in [0.4, 0.5) is 4.39 Å². The first-order valence-electron chi connectivity index (χ1n) is 10.9. The lowest BCUT2D eigenvalue weighted by Crippen LogP contribution is -2.23. The second-order valence-corrected chi connectivity index (χ2v) is 9.20. The van der Waals surface area contributed by atoms with Crippen molar-refractivity contribution in [2.24, 2.45) is 11.3 Å². The molecule has 1 aliphatic rings. The van der Waals surface area contributed by atoms with Gasteiger partial charge in [-0.1, -0.05) is 62.3 Å². The highest BCUT2D eigenvalue weighted by Gasteiger charge is 2.29. The predicted octanol–water partition coefficient (Wildman–Crippen LogP) is 6.38. The highest BCUT2D eigenvalue weighted by molar-refractivity contribution is 5.96. The second-order valence-electron chi connectivity index (χ2n) is 9.20. The third kappa shape index (κ3) is 5.18. The van der Waals surface area contributed by atoms with Gasteiger partial charge in [0.15, 0.2) is 11.2 Å². The molecule has 2 aromatic heterocycles. The van der Waals surface area contributed by atoms with Crippen molar-refractivity contribution in [2.75, 3.05) is 0 Å². The molecule has 0 amide bonds. The summed E-state index contributed by atoms with van der Waals surface area (Å²) in [6.45, 7) is 13.1. The minimum absolute atomic E-state index is 0.0197. The Morgan fingerprint density at radius 3 is 2.69 bits per heavy atom. The molecule has 1 atom stereocenters. The molecule has 1 unspecified atom stereocenters. The van der Waals surface area contributed by atoms with Crippen molar-refractivity contribution in [1.82, 2.24) is 19.5 Å². The van der Waals surface area contributed by atoms with Gasteiger partial charge in [0.1, 0.15) is 12.7 Å². The van der Waals surface area contributed by atoms with Gasteiger partial charge in [0.25, 0.3) is 5.91 Å². The third-order valence-electron chi connectivity index (χ3n) is 6.20. The highest BCUT2D eigenvalue weighted by atomic mass is 19.1. The van der Waals surface area contributed by atoms with Crippen molar-refractivity contribution in [3.8, 4) is 0 Å². The lowest BCUT2D eigenvalue weighted by atomic mass is 9.69. The van der Waals surface area contributed by atoms with Gasteiger partial charge in [-0.2, -0.15) is 4.39 Å². The van der Waals surface area contributed by atoms with Crippen LogP contribution in [0.3, 0.4) is 0 Å². The largest absolute Gasteiger partial charge is 0.269 e. The number of carbonyl (C=O) groups is 1. The number of imidazole rings is 1. The van der Waals surface area contributed by atoms with Crippen molar-refractivity contribution < 1.29 is 9.18 Å². The number of allylic oxidation sites excluding steroid dienone is 10. The van der Waals surface area contributed by atoms with Gasteiger partial charge < -0.3 is 0 Å². The summed E-state index contributed by atoms with van der Waals surface area (Å²) >= 11 is 0. The Hall–Kier alpha value is -3.15. The monoisotopic (exact) mass is 434 g/mol. The average Bonchev–Trinajstić information content (AvgIpc) is 3.16. The summed E-state index contributed by atoms with van der Waals surface area (Å²) in [5.74, 6) is -0.454. The number of hydrogen-bond acceptors (Lipinski definition) is 4. The van der Waals surface area contributed by atoms with E-state index in [1.54, 1.807) is 0 Å². The van der Waals surface area contributed by atoms with Gasteiger partial charge in [-0.25, -0.2) is 19.5 Å². The molecule has 0 saturated carbocycles. The fourth-order valence-corrected chi connectivity index (χ4v) is 3.99. The van der Waals surface area contributed by atoms with E-state index in [2.05, 4.69) is 61.7 Å². The Kier molecular flexibility index (Phi) is 7.02. The summed E-state index contributed by atoms with van der Waals surface area (Å²) in [6, 6.07) is 0. The molecule has 0 radical (unpaired) electrons. The maximum absolute atomic E-state index is 13.7. The Morgan fingerprint density at radius 2 is 1.94 bits per heavy atom. The average molecular weight is 435 g/mol. The number of carbonyl (C=O) groups excluding carboxylic acids is 1. The molecule has 6 heteroatoms. The Morgan fingerprint density at radius 1 is 1.19 bits per heavy atom. The zero-order chi connectivity index (χ0) is 23.5. The molecular formula is C26H31FN4O. The van der Waals surface area contributed by atoms with E-state index in [-0.39, 0.29) is 22.5 Å². The first kappa shape index (κ1) is 23.5. The minimum atomic E-state index is -0.743. The van der Waals surface area contributed by atoms with Gasteiger partial charge in [-0.15, -0.1) is 0 Å². The van der Waals surface area contributed by atoms with Crippen LogP contribution in [-0.2, 0) is 0 Å². The van der Waals surface area contributed by atoms with Gasteiger partial charge in [0, 0.05) is 6.08 Å². The first-order chi connectivity index (χ1) is 15.1. The van der Waals surface area contributed by atoms with E-state index in [1.165, 1.54) is 41.0 Å². The molecule has 0 spiro atoms. The van der Waals surface area contributed by atoms with Crippen molar-refractivity contribution in [1.29, 1.82) is 0 Å². The first-order valence-corrected chi connectivity index (χ1v) is 10.9. The Labute approximate surface area is 189 Å². The smallest absolute Gasteiger partial charge is 0.257 e. The van der Waals surface area contributed by atoms with Crippen molar-refractivity contribution in [3.05, 3.63) is 77.4 Å². The summed E-state index contributed by atoms with van der Waals surface area (Å²) in [5.41, 5.74) is 5.14. The standard InChI is InChI=1S/C26H31FN4O/c1-17(10-11-21-20(4)19(3)12-13-26(21,5)6)8-7-9-18(2)14-22(32)31-16-30-23-24(27)28-15-29-25(23)31/h7-11,14-16,19H,12-13H2,1-6H3/b9-7+,11-10+,17-8+,18-14+. The maximum Gasteiger partial charge on any atom is 0.257 e. The number of aromatic nitrogens is 4. The molecule has 1 aliphatic carbocycles. The van der Waals surface area contributed by atoms with E-state index in [4.69, 9.17) is 0 Å². The van der Waals surface area contributed by atoms with Crippen LogP contribution in [0.25, 0.3) is 11.2 Å². The van der Waals surface area contributed by atoms with Crippen molar-refractivity contribution in [3.63, 3.8) is 0 Å². The molecule has 0 aromatic carbocycles. The quantitative estimate of drug-likeness (QED) is 0.311. The van der Waals surface area contributed by atoms with Crippen molar-refractivity contribution in [2.45, 2.75) is 54.4 Å². The van der Waals surface area contributed by atoms with E-state index in [0.29, 0.717) is 5.92 Å². The molecule has 2 heterocycles. The van der Waals surface area contributed by atoms with Crippen LogP contribution in [-0.4, -0.2) is 25.4 Å². The minimum Gasteiger partial charge on any atom is -0.269 e. The molecule has 32 heavy (non-hydrogen) atoms. The topological polar surface area (TPSA) is 60.7 Å². The van der Waals surface area contributed by atoms with Crippen LogP contribution in [0.2, 0.25) is 0 Å². The molecular weight excluding hydrogens is 403 g/mol. The van der Waals surface area contributed by atoms with E-state index < -0.39 is 5.95 Å². The molecule has 2 aromatic rings. The molecule has 0 N–H and O–H groups in total. The van der Waals surface area contributed by atoms with Crippen LogP contribution in [0.1, 0.15) is 59.2 Å². The zero-order valence-corrected chi connectivity index (χ0v) is 19.7. The third-order valence-corrected chi connectivity index (χ3v) is 6.20. The van der Waals surface area contributed by atoms with Gasteiger partial charge in [-0.3, -0.25) is 4.79 Å². The molecule has 168 valence electrons. The van der Waals surface area contributed by atoms with E-state index >= 15 is 0 Å². The SMILES string of the molecule is CC1=C(/C=C/C(C)=C/C=C/C(C)=C/C(=O)n2cnc3c(F)ncnc32)C(C)(C)CCC1C. The normalized spacial score (nSPS) is 20.2. The van der Waals surface area contributed by atoms with Gasteiger partial charge in [-0.05, 0) is 56.1 Å². The summed E-state index contributed by atoms with van der Waals surface area (Å²) in [7, 11) is 0. The van der Waals surface area contributed by atoms with Crippen molar-refractivity contribution >= 4 is 17.1 Å².